The van der Waals surface area contributed by atoms with Crippen molar-refractivity contribution < 1.29 is 13.2 Å². The van der Waals surface area contributed by atoms with Crippen molar-refractivity contribution in [3.05, 3.63) is 29.5 Å². The van der Waals surface area contributed by atoms with E-state index in [0.717, 1.165) is 22.0 Å². The number of rotatable bonds is 1. The number of halogens is 3. The summed E-state index contributed by atoms with van der Waals surface area (Å²) in [6, 6.07) is 3.76. The molecule has 3 nitrogen and oxygen atoms in total. The van der Waals surface area contributed by atoms with Gasteiger partial charge in [-0.3, -0.25) is 10.00 Å². The van der Waals surface area contributed by atoms with Gasteiger partial charge in [0.15, 0.2) is 0 Å². The molecule has 0 radical (unpaired) electrons. The van der Waals surface area contributed by atoms with Gasteiger partial charge in [0.2, 0.25) is 0 Å². The van der Waals surface area contributed by atoms with Crippen LogP contribution in [0.4, 0.5) is 13.2 Å². The number of nitrogens with zero attached hydrogens (tertiary/aromatic N) is 2. The zero-order chi connectivity index (χ0) is 12.8. The van der Waals surface area contributed by atoms with E-state index in [1.165, 1.54) is 4.90 Å². The number of aromatic amines is 1. The van der Waals surface area contributed by atoms with Crippen molar-refractivity contribution >= 4 is 10.9 Å². The van der Waals surface area contributed by atoms with E-state index in [4.69, 9.17) is 0 Å². The second-order valence-corrected chi connectivity index (χ2v) is 4.61. The van der Waals surface area contributed by atoms with Crippen LogP contribution in [0.25, 0.3) is 10.9 Å². The van der Waals surface area contributed by atoms with Gasteiger partial charge in [-0.25, -0.2) is 0 Å². The fourth-order valence-corrected chi connectivity index (χ4v) is 2.54. The average molecular weight is 255 g/mol. The van der Waals surface area contributed by atoms with E-state index in [1.54, 1.807) is 6.20 Å². The lowest BCUT2D eigenvalue weighted by Gasteiger charge is -2.29. The van der Waals surface area contributed by atoms with Gasteiger partial charge in [-0.15, -0.1) is 0 Å². The number of hydrogen-bond acceptors (Lipinski definition) is 2. The Morgan fingerprint density at radius 1 is 1.33 bits per heavy atom. The first-order chi connectivity index (χ1) is 8.53. The first-order valence-corrected chi connectivity index (χ1v) is 5.76. The van der Waals surface area contributed by atoms with Crippen molar-refractivity contribution in [1.29, 1.82) is 0 Å². The first-order valence-electron chi connectivity index (χ1n) is 5.76. The third-order valence-electron chi connectivity index (χ3n) is 3.31. The second-order valence-electron chi connectivity index (χ2n) is 4.61. The summed E-state index contributed by atoms with van der Waals surface area (Å²) in [6.45, 7) is -0.0391. The van der Waals surface area contributed by atoms with Crippen LogP contribution in [0.5, 0.6) is 0 Å². The summed E-state index contributed by atoms with van der Waals surface area (Å²) in [5.74, 6) is 0. The number of fused-ring (bicyclic) bond motifs is 3. The molecule has 2 heterocycles. The SMILES string of the molecule is FC(F)(F)CN1CCc2c(ccc3[nH]ncc23)C1. The predicted molar refractivity (Wildman–Crippen MR) is 61.1 cm³/mol. The highest BCUT2D eigenvalue weighted by Crippen LogP contribution is 2.28. The van der Waals surface area contributed by atoms with Gasteiger partial charge in [0.05, 0.1) is 18.3 Å². The molecule has 0 spiro atoms. The van der Waals surface area contributed by atoms with E-state index in [0.29, 0.717) is 19.5 Å². The topological polar surface area (TPSA) is 31.9 Å². The molecule has 0 amide bonds. The van der Waals surface area contributed by atoms with Gasteiger partial charge >= 0.3 is 6.18 Å². The molecule has 1 aromatic heterocycles. The standard InChI is InChI=1S/C12H12F3N3/c13-12(14,15)7-18-4-3-9-8(6-18)1-2-11-10(9)5-16-17-11/h1-2,5H,3-4,6-7H2,(H,16,17). The van der Waals surface area contributed by atoms with Gasteiger partial charge in [-0.05, 0) is 23.6 Å². The fraction of sp³-hybridized carbons (Fsp3) is 0.417. The van der Waals surface area contributed by atoms with Crippen LogP contribution in [0.1, 0.15) is 11.1 Å². The van der Waals surface area contributed by atoms with Crippen molar-refractivity contribution in [3.63, 3.8) is 0 Å². The molecule has 96 valence electrons. The van der Waals surface area contributed by atoms with E-state index in [2.05, 4.69) is 10.2 Å². The van der Waals surface area contributed by atoms with E-state index < -0.39 is 12.7 Å². The minimum Gasteiger partial charge on any atom is -0.290 e. The summed E-state index contributed by atoms with van der Waals surface area (Å²) in [7, 11) is 0. The normalized spacial score (nSPS) is 17.1. The molecule has 3 rings (SSSR count). The number of nitrogens with one attached hydrogen (secondary N) is 1. The van der Waals surface area contributed by atoms with E-state index in [1.807, 2.05) is 12.1 Å². The Balaban J connectivity index is 1.89. The smallest absolute Gasteiger partial charge is 0.290 e. The summed E-state index contributed by atoms with van der Waals surface area (Å²) in [5, 5.41) is 7.87. The molecule has 0 aliphatic carbocycles. The van der Waals surface area contributed by atoms with Crippen molar-refractivity contribution in [2.24, 2.45) is 0 Å². The molecular weight excluding hydrogens is 243 g/mol. The molecule has 0 saturated carbocycles. The monoisotopic (exact) mass is 255 g/mol. The first kappa shape index (κ1) is 11.5. The third kappa shape index (κ3) is 2.08. The highest BCUT2D eigenvalue weighted by molar-refractivity contribution is 5.83. The Morgan fingerprint density at radius 3 is 2.94 bits per heavy atom. The van der Waals surface area contributed by atoms with Crippen LogP contribution in [0, 0.1) is 0 Å². The maximum atomic E-state index is 12.4. The van der Waals surface area contributed by atoms with Gasteiger partial charge in [-0.2, -0.15) is 18.3 Å². The fourth-order valence-electron chi connectivity index (χ4n) is 2.54. The maximum Gasteiger partial charge on any atom is 0.401 e. The summed E-state index contributed by atoms with van der Waals surface area (Å²) in [4.78, 5) is 1.44. The minimum absolute atomic E-state index is 0.357. The molecule has 6 heteroatoms. The lowest BCUT2D eigenvalue weighted by molar-refractivity contribution is -0.147. The molecule has 0 atom stereocenters. The Bertz CT molecular complexity index is 573. The lowest BCUT2D eigenvalue weighted by Crippen LogP contribution is -2.37. The van der Waals surface area contributed by atoms with Crippen molar-refractivity contribution in [3.8, 4) is 0 Å². The Hall–Kier alpha value is -1.56. The summed E-state index contributed by atoms with van der Waals surface area (Å²) >= 11 is 0. The highest BCUT2D eigenvalue weighted by atomic mass is 19.4. The molecule has 1 aliphatic rings. The molecule has 1 N–H and O–H groups in total. The Morgan fingerprint density at radius 2 is 2.17 bits per heavy atom. The molecule has 0 saturated heterocycles. The molecule has 1 aromatic carbocycles. The van der Waals surface area contributed by atoms with Gasteiger partial charge in [0.1, 0.15) is 0 Å². The van der Waals surface area contributed by atoms with Gasteiger partial charge < -0.3 is 0 Å². The molecule has 0 unspecified atom stereocenters. The zero-order valence-corrected chi connectivity index (χ0v) is 9.59. The number of aromatic nitrogens is 2. The predicted octanol–water partition coefficient (Wildman–Crippen LogP) is 2.48. The molecule has 0 bridgehead atoms. The minimum atomic E-state index is -4.13. The highest BCUT2D eigenvalue weighted by Gasteiger charge is 2.32. The van der Waals surface area contributed by atoms with Crippen molar-refractivity contribution in [1.82, 2.24) is 15.1 Å². The van der Waals surface area contributed by atoms with Crippen molar-refractivity contribution in [2.45, 2.75) is 19.1 Å². The van der Waals surface area contributed by atoms with Crippen LogP contribution in [-0.2, 0) is 13.0 Å². The number of H-pyrrole nitrogens is 1. The van der Waals surface area contributed by atoms with Gasteiger partial charge in [0, 0.05) is 18.5 Å². The Labute approximate surface area is 102 Å². The third-order valence-corrected chi connectivity index (χ3v) is 3.31. The molecule has 0 fully saturated rings. The van der Waals surface area contributed by atoms with Crippen LogP contribution >= 0.6 is 0 Å². The van der Waals surface area contributed by atoms with Crippen LogP contribution in [-0.4, -0.2) is 34.4 Å². The number of hydrogen-bond donors (Lipinski definition) is 1. The summed E-state index contributed by atoms with van der Waals surface area (Å²) in [6.07, 6.45) is -1.74. The zero-order valence-electron chi connectivity index (χ0n) is 9.59. The molecule has 1 aliphatic heterocycles. The molecule has 2 aromatic rings. The van der Waals surface area contributed by atoms with Crippen LogP contribution in [0.15, 0.2) is 18.3 Å². The van der Waals surface area contributed by atoms with E-state index in [-0.39, 0.29) is 0 Å². The quantitative estimate of drug-likeness (QED) is 0.849. The van der Waals surface area contributed by atoms with Crippen LogP contribution < -0.4 is 0 Å². The lowest BCUT2D eigenvalue weighted by atomic mass is 9.96. The summed E-state index contributed by atoms with van der Waals surface area (Å²) < 4.78 is 37.1. The average Bonchev–Trinajstić information content (AvgIpc) is 2.74. The maximum absolute atomic E-state index is 12.4. The van der Waals surface area contributed by atoms with Crippen molar-refractivity contribution in [2.75, 3.05) is 13.1 Å². The van der Waals surface area contributed by atoms with Gasteiger partial charge in [-0.1, -0.05) is 6.07 Å². The summed E-state index contributed by atoms with van der Waals surface area (Å²) in [5.41, 5.74) is 3.04. The van der Waals surface area contributed by atoms with E-state index in [9.17, 15) is 13.2 Å². The molecule has 18 heavy (non-hydrogen) atoms. The molecular formula is C12H12F3N3. The van der Waals surface area contributed by atoms with Gasteiger partial charge in [0.25, 0.3) is 0 Å². The second kappa shape index (κ2) is 3.98. The van der Waals surface area contributed by atoms with E-state index >= 15 is 0 Å². The number of benzene rings is 1. The van der Waals surface area contributed by atoms with Crippen LogP contribution in [0.2, 0.25) is 0 Å². The van der Waals surface area contributed by atoms with Crippen LogP contribution in [0.3, 0.4) is 0 Å². The number of alkyl halides is 3. The largest absolute Gasteiger partial charge is 0.401 e. The Kier molecular flexibility index (Phi) is 2.55.